The average molecular weight is 487 g/mol. The second kappa shape index (κ2) is 10.9. The van der Waals surface area contributed by atoms with Gasteiger partial charge < -0.3 is 20.1 Å². The molecule has 1 heterocycles. The summed E-state index contributed by atoms with van der Waals surface area (Å²) in [4.78, 5) is 54.5. The van der Waals surface area contributed by atoms with Crippen molar-refractivity contribution in [2.75, 3.05) is 37.5 Å². The van der Waals surface area contributed by atoms with Crippen LogP contribution in [-0.4, -0.2) is 48.1 Å². The van der Waals surface area contributed by atoms with Gasteiger partial charge in [0.2, 0.25) is 0 Å². The highest BCUT2D eigenvalue weighted by atomic mass is 16.5. The van der Waals surface area contributed by atoms with E-state index in [4.69, 9.17) is 15.2 Å². The van der Waals surface area contributed by atoms with Gasteiger partial charge in [-0.15, -0.1) is 0 Å². The van der Waals surface area contributed by atoms with E-state index in [1.165, 1.54) is 16.6 Å². The SMILES string of the molecule is COCCCN(C(=O)COc1ccc(C)c2c1C(=O)C[C@H]2C)c1c(N)n(CC(C)C)c(=O)[nH]c1=O. The quantitative estimate of drug-likeness (QED) is 0.491. The Morgan fingerprint density at radius 1 is 1.29 bits per heavy atom. The van der Waals surface area contributed by atoms with Crippen LogP contribution in [0.2, 0.25) is 0 Å². The molecule has 0 radical (unpaired) electrons. The zero-order chi connectivity index (χ0) is 25.9. The molecule has 1 amide bonds. The summed E-state index contributed by atoms with van der Waals surface area (Å²) in [6, 6.07) is 3.56. The summed E-state index contributed by atoms with van der Waals surface area (Å²) in [5, 5.41) is 0. The second-order valence-electron chi connectivity index (χ2n) is 9.38. The van der Waals surface area contributed by atoms with E-state index >= 15 is 0 Å². The minimum absolute atomic E-state index is 0.0166. The smallest absolute Gasteiger partial charge is 0.330 e. The lowest BCUT2D eigenvalue weighted by molar-refractivity contribution is -0.120. The molecule has 0 unspecified atom stereocenters. The number of fused-ring (bicyclic) bond motifs is 1. The van der Waals surface area contributed by atoms with Gasteiger partial charge in [-0.25, -0.2) is 4.79 Å². The number of ketones is 1. The monoisotopic (exact) mass is 486 g/mol. The molecule has 0 fully saturated rings. The van der Waals surface area contributed by atoms with Gasteiger partial charge >= 0.3 is 5.69 Å². The Morgan fingerprint density at radius 2 is 2.00 bits per heavy atom. The van der Waals surface area contributed by atoms with Crippen LogP contribution in [0.25, 0.3) is 0 Å². The Hall–Kier alpha value is -3.40. The number of hydrogen-bond donors (Lipinski definition) is 2. The fourth-order valence-corrected chi connectivity index (χ4v) is 4.56. The fourth-order valence-electron chi connectivity index (χ4n) is 4.56. The third kappa shape index (κ3) is 5.48. The summed E-state index contributed by atoms with van der Waals surface area (Å²) < 4.78 is 12.2. The first-order chi connectivity index (χ1) is 16.6. The van der Waals surface area contributed by atoms with E-state index in [1.54, 1.807) is 6.07 Å². The maximum atomic E-state index is 13.3. The van der Waals surface area contributed by atoms with Crippen LogP contribution in [0.5, 0.6) is 5.75 Å². The number of Topliss-reactive ketones (excluding diaryl/α,β-unsaturated/α-hetero) is 1. The van der Waals surface area contributed by atoms with Gasteiger partial charge in [-0.2, -0.15) is 0 Å². The number of aromatic amines is 1. The van der Waals surface area contributed by atoms with E-state index in [1.807, 2.05) is 33.8 Å². The average Bonchev–Trinajstić information content (AvgIpc) is 3.09. The van der Waals surface area contributed by atoms with Gasteiger partial charge in [0.1, 0.15) is 11.6 Å². The number of hydrogen-bond acceptors (Lipinski definition) is 7. The molecule has 0 bridgehead atoms. The molecule has 3 rings (SSSR count). The van der Waals surface area contributed by atoms with Crippen molar-refractivity contribution in [2.45, 2.75) is 53.0 Å². The Morgan fingerprint density at radius 3 is 2.66 bits per heavy atom. The Balaban J connectivity index is 1.94. The van der Waals surface area contributed by atoms with Gasteiger partial charge in [0, 0.05) is 33.2 Å². The number of nitrogen functional groups attached to an aromatic ring is 1. The molecule has 0 aliphatic heterocycles. The van der Waals surface area contributed by atoms with Crippen molar-refractivity contribution in [1.29, 1.82) is 0 Å². The van der Waals surface area contributed by atoms with Crippen molar-refractivity contribution in [1.82, 2.24) is 9.55 Å². The summed E-state index contributed by atoms with van der Waals surface area (Å²) in [5.41, 5.74) is 7.21. The van der Waals surface area contributed by atoms with Crippen molar-refractivity contribution in [3.8, 4) is 5.75 Å². The van der Waals surface area contributed by atoms with Crippen LogP contribution in [0, 0.1) is 12.8 Å². The van der Waals surface area contributed by atoms with Crippen molar-refractivity contribution in [2.24, 2.45) is 5.92 Å². The van der Waals surface area contributed by atoms with Crippen LogP contribution in [0.1, 0.15) is 61.0 Å². The number of amides is 1. The largest absolute Gasteiger partial charge is 0.483 e. The van der Waals surface area contributed by atoms with Crippen molar-refractivity contribution < 1.29 is 19.1 Å². The van der Waals surface area contributed by atoms with E-state index in [-0.39, 0.29) is 42.2 Å². The number of carbonyl (C=O) groups is 2. The van der Waals surface area contributed by atoms with Crippen LogP contribution in [0.15, 0.2) is 21.7 Å². The zero-order valence-electron chi connectivity index (χ0n) is 21.0. The number of aryl methyl sites for hydroxylation is 1. The minimum Gasteiger partial charge on any atom is -0.483 e. The molecule has 0 saturated heterocycles. The summed E-state index contributed by atoms with van der Waals surface area (Å²) in [5.74, 6) is -0.117. The molecule has 0 saturated carbocycles. The molecule has 10 heteroatoms. The molecule has 10 nitrogen and oxygen atoms in total. The van der Waals surface area contributed by atoms with E-state index in [0.29, 0.717) is 30.8 Å². The first-order valence-corrected chi connectivity index (χ1v) is 11.8. The first-order valence-electron chi connectivity index (χ1n) is 11.8. The number of benzene rings is 1. The number of nitrogens with one attached hydrogen (secondary N) is 1. The normalized spacial score (nSPS) is 14.9. The number of anilines is 2. The summed E-state index contributed by atoms with van der Waals surface area (Å²) in [6.07, 6.45) is 0.831. The topological polar surface area (TPSA) is 137 Å². The Bertz CT molecular complexity index is 1230. The summed E-state index contributed by atoms with van der Waals surface area (Å²) >= 11 is 0. The summed E-state index contributed by atoms with van der Waals surface area (Å²) in [6.45, 7) is 8.11. The van der Waals surface area contributed by atoms with E-state index < -0.39 is 23.8 Å². The zero-order valence-corrected chi connectivity index (χ0v) is 21.0. The molecule has 1 aliphatic rings. The van der Waals surface area contributed by atoms with Gasteiger partial charge in [0.15, 0.2) is 18.1 Å². The van der Waals surface area contributed by atoms with Crippen LogP contribution in [-0.2, 0) is 16.1 Å². The molecular weight excluding hydrogens is 452 g/mol. The lowest BCUT2D eigenvalue weighted by atomic mass is 9.97. The van der Waals surface area contributed by atoms with Gasteiger partial charge in [-0.1, -0.05) is 26.8 Å². The number of carbonyl (C=O) groups excluding carboxylic acids is 2. The first kappa shape index (κ1) is 26.2. The molecule has 190 valence electrons. The van der Waals surface area contributed by atoms with Gasteiger partial charge in [-0.05, 0) is 42.4 Å². The molecule has 0 spiro atoms. The molecular formula is C25H34N4O6. The Labute approximate surface area is 204 Å². The molecule has 1 aliphatic carbocycles. The minimum atomic E-state index is -0.751. The van der Waals surface area contributed by atoms with E-state index in [0.717, 1.165) is 11.1 Å². The van der Waals surface area contributed by atoms with Gasteiger partial charge in [-0.3, -0.25) is 23.9 Å². The molecule has 35 heavy (non-hydrogen) atoms. The Kier molecular flexibility index (Phi) is 8.16. The van der Waals surface area contributed by atoms with Crippen LogP contribution in [0.4, 0.5) is 11.5 Å². The highest BCUT2D eigenvalue weighted by Crippen LogP contribution is 2.40. The lowest BCUT2D eigenvalue weighted by Gasteiger charge is -2.25. The maximum Gasteiger partial charge on any atom is 0.330 e. The van der Waals surface area contributed by atoms with Crippen molar-refractivity contribution >= 4 is 23.2 Å². The third-order valence-corrected chi connectivity index (χ3v) is 6.10. The predicted molar refractivity (Wildman–Crippen MR) is 133 cm³/mol. The fraction of sp³-hybridized carbons (Fsp3) is 0.520. The number of rotatable bonds is 10. The predicted octanol–water partition coefficient (Wildman–Crippen LogP) is 2.22. The van der Waals surface area contributed by atoms with E-state index in [9.17, 15) is 19.2 Å². The maximum absolute atomic E-state index is 13.3. The van der Waals surface area contributed by atoms with Gasteiger partial charge in [0.05, 0.1) is 5.56 Å². The van der Waals surface area contributed by atoms with Crippen molar-refractivity contribution in [3.63, 3.8) is 0 Å². The number of H-pyrrole nitrogens is 1. The molecule has 1 aromatic carbocycles. The lowest BCUT2D eigenvalue weighted by Crippen LogP contribution is -2.43. The van der Waals surface area contributed by atoms with Crippen LogP contribution in [0.3, 0.4) is 0 Å². The number of nitrogens with two attached hydrogens (primary N) is 1. The second-order valence-corrected chi connectivity index (χ2v) is 9.38. The highest BCUT2D eigenvalue weighted by Gasteiger charge is 2.32. The number of methoxy groups -OCH3 is 1. The van der Waals surface area contributed by atoms with Gasteiger partial charge in [0.25, 0.3) is 11.5 Å². The third-order valence-electron chi connectivity index (χ3n) is 6.10. The number of aromatic nitrogens is 2. The molecule has 1 aromatic heterocycles. The molecule has 1 atom stereocenters. The van der Waals surface area contributed by atoms with Crippen LogP contribution < -0.4 is 26.6 Å². The van der Waals surface area contributed by atoms with E-state index in [2.05, 4.69) is 4.98 Å². The summed E-state index contributed by atoms with van der Waals surface area (Å²) in [7, 11) is 1.54. The molecule has 2 aromatic rings. The highest BCUT2D eigenvalue weighted by molar-refractivity contribution is 6.04. The number of ether oxygens (including phenoxy) is 2. The molecule has 3 N–H and O–H groups in total. The number of nitrogens with zero attached hydrogens (tertiary/aromatic N) is 2. The standard InChI is InChI=1S/C25H34N4O6/c1-14(2)12-29-23(26)22(24(32)27-25(29)33)28(9-6-10-34-5)19(31)13-35-18-8-7-15(3)20-16(4)11-17(30)21(18)20/h7-8,14,16H,6,9-13,26H2,1-5H3,(H,27,32,33)/t16-/m1/s1. The van der Waals surface area contributed by atoms with Crippen molar-refractivity contribution in [3.05, 3.63) is 49.7 Å². The van der Waals surface area contributed by atoms with Crippen LogP contribution >= 0.6 is 0 Å².